The Morgan fingerprint density at radius 2 is 1.94 bits per heavy atom. The highest BCUT2D eigenvalue weighted by Crippen LogP contribution is 2.32. The van der Waals surface area contributed by atoms with E-state index in [1.165, 1.54) is 12.1 Å². The molecule has 2 aromatic carbocycles. The Morgan fingerprint density at radius 3 is 2.69 bits per heavy atom. The van der Waals surface area contributed by atoms with Crippen LogP contribution in [0.2, 0.25) is 0 Å². The number of hydrogen-bond acceptors (Lipinski definition) is 5. The second-order valence-corrected chi connectivity index (χ2v) is 7.33. The first-order valence-corrected chi connectivity index (χ1v) is 10.00. The van der Waals surface area contributed by atoms with Crippen LogP contribution in [0.1, 0.15) is 30.7 Å². The van der Waals surface area contributed by atoms with Crippen molar-refractivity contribution < 1.29 is 27.2 Å². The Hall–Kier alpha value is -3.69. The normalized spacial score (nSPS) is 14.1. The molecule has 1 aromatic heterocycles. The molecular weight excluding hydrogens is 425 g/mol. The van der Waals surface area contributed by atoms with E-state index in [9.17, 15) is 22.8 Å². The van der Waals surface area contributed by atoms with Gasteiger partial charge in [-0.3, -0.25) is 9.59 Å². The van der Waals surface area contributed by atoms with E-state index in [0.717, 1.165) is 24.2 Å². The number of hydrogen-bond donors (Lipinski definition) is 1. The minimum atomic E-state index is -4.48. The van der Waals surface area contributed by atoms with E-state index >= 15 is 0 Å². The molecule has 1 N–H and O–H groups in total. The van der Waals surface area contributed by atoms with Gasteiger partial charge in [0.1, 0.15) is 0 Å². The molecule has 7 nitrogen and oxygen atoms in total. The number of halogens is 3. The Balaban J connectivity index is 1.36. The van der Waals surface area contributed by atoms with Crippen molar-refractivity contribution in [1.29, 1.82) is 0 Å². The lowest BCUT2D eigenvalue weighted by atomic mass is 10.1. The minimum absolute atomic E-state index is 0.0388. The average Bonchev–Trinajstić information content (AvgIpc) is 3.41. The quantitative estimate of drug-likeness (QED) is 0.607. The molecule has 0 atom stereocenters. The number of nitrogens with zero attached hydrogens (tertiary/aromatic N) is 3. The molecule has 1 aliphatic heterocycles. The maximum absolute atomic E-state index is 12.9. The standard InChI is InChI=1S/C22H19F3N4O3/c23-22(24,25)15-5-1-4-14(12-15)21-28-27-19(32-21)10-9-18(30)26-16-6-2-7-17(13-16)29-11-3-8-20(29)31/h1-2,4-7,12-13H,3,8-11H2,(H,26,30). The monoisotopic (exact) mass is 444 g/mol. The number of carbonyl (C=O) groups excluding carboxylic acids is 2. The second-order valence-electron chi connectivity index (χ2n) is 7.33. The van der Waals surface area contributed by atoms with Gasteiger partial charge in [0.15, 0.2) is 0 Å². The summed E-state index contributed by atoms with van der Waals surface area (Å²) >= 11 is 0. The third-order valence-electron chi connectivity index (χ3n) is 4.98. The molecule has 4 rings (SSSR count). The topological polar surface area (TPSA) is 88.3 Å². The van der Waals surface area contributed by atoms with Gasteiger partial charge in [0, 0.05) is 42.7 Å². The Bertz CT molecular complexity index is 1140. The van der Waals surface area contributed by atoms with Gasteiger partial charge in [-0.2, -0.15) is 13.2 Å². The van der Waals surface area contributed by atoms with Crippen molar-refractivity contribution in [2.45, 2.75) is 31.9 Å². The lowest BCUT2D eigenvalue weighted by Gasteiger charge is -2.16. The van der Waals surface area contributed by atoms with Crippen LogP contribution in [-0.4, -0.2) is 28.6 Å². The van der Waals surface area contributed by atoms with Crippen LogP contribution in [-0.2, 0) is 22.2 Å². The number of aromatic nitrogens is 2. The van der Waals surface area contributed by atoms with Crippen LogP contribution in [0.25, 0.3) is 11.5 Å². The molecule has 2 amide bonds. The third kappa shape index (κ3) is 4.96. The number of aryl methyl sites for hydroxylation is 1. The molecule has 1 fully saturated rings. The first-order valence-electron chi connectivity index (χ1n) is 10.00. The Morgan fingerprint density at radius 1 is 1.12 bits per heavy atom. The largest absolute Gasteiger partial charge is 0.421 e. The second kappa shape index (κ2) is 8.81. The molecule has 1 saturated heterocycles. The third-order valence-corrected chi connectivity index (χ3v) is 4.98. The summed E-state index contributed by atoms with van der Waals surface area (Å²) in [7, 11) is 0. The summed E-state index contributed by atoms with van der Waals surface area (Å²) in [5.41, 5.74) is 0.624. The van der Waals surface area contributed by atoms with Crippen molar-refractivity contribution in [3.63, 3.8) is 0 Å². The molecule has 1 aliphatic rings. The van der Waals surface area contributed by atoms with Crippen molar-refractivity contribution in [2.75, 3.05) is 16.8 Å². The van der Waals surface area contributed by atoms with Crippen LogP contribution >= 0.6 is 0 Å². The molecule has 0 spiro atoms. The predicted octanol–water partition coefficient (Wildman–Crippen LogP) is 4.45. The highest BCUT2D eigenvalue weighted by Gasteiger charge is 2.31. The summed E-state index contributed by atoms with van der Waals surface area (Å²) in [5, 5.41) is 10.4. The summed E-state index contributed by atoms with van der Waals surface area (Å²) in [6.45, 7) is 0.654. The van der Waals surface area contributed by atoms with Gasteiger partial charge in [0.05, 0.1) is 5.56 Å². The van der Waals surface area contributed by atoms with Crippen LogP contribution in [0.3, 0.4) is 0 Å². The van der Waals surface area contributed by atoms with Gasteiger partial charge < -0.3 is 14.6 Å². The van der Waals surface area contributed by atoms with Crippen molar-refractivity contribution in [1.82, 2.24) is 10.2 Å². The van der Waals surface area contributed by atoms with Crippen LogP contribution in [0.5, 0.6) is 0 Å². The number of nitrogens with one attached hydrogen (secondary N) is 1. The Kier molecular flexibility index (Phi) is 5.93. The maximum Gasteiger partial charge on any atom is 0.416 e. The van der Waals surface area contributed by atoms with Gasteiger partial charge in [0.2, 0.25) is 23.6 Å². The fourth-order valence-corrected chi connectivity index (χ4v) is 3.42. The Labute approximate surface area is 181 Å². The molecular formula is C22H19F3N4O3. The van der Waals surface area contributed by atoms with E-state index in [2.05, 4.69) is 15.5 Å². The smallest absolute Gasteiger partial charge is 0.416 e. The van der Waals surface area contributed by atoms with E-state index in [0.29, 0.717) is 18.7 Å². The van der Waals surface area contributed by atoms with Crippen molar-refractivity contribution in [2.24, 2.45) is 0 Å². The van der Waals surface area contributed by atoms with Crippen molar-refractivity contribution in [3.05, 3.63) is 60.0 Å². The zero-order valence-corrected chi connectivity index (χ0v) is 16.9. The zero-order chi connectivity index (χ0) is 22.7. The lowest BCUT2D eigenvalue weighted by Crippen LogP contribution is -2.23. The fourth-order valence-electron chi connectivity index (χ4n) is 3.42. The van der Waals surface area contributed by atoms with Gasteiger partial charge in [-0.25, -0.2) is 0 Å². The number of carbonyl (C=O) groups is 2. The minimum Gasteiger partial charge on any atom is -0.421 e. The van der Waals surface area contributed by atoms with Gasteiger partial charge in [-0.15, -0.1) is 10.2 Å². The van der Waals surface area contributed by atoms with E-state index in [4.69, 9.17) is 4.42 Å². The molecule has 2 heterocycles. The molecule has 0 saturated carbocycles. The number of alkyl halides is 3. The number of anilines is 2. The highest BCUT2D eigenvalue weighted by atomic mass is 19.4. The van der Waals surface area contributed by atoms with Crippen LogP contribution < -0.4 is 10.2 Å². The van der Waals surface area contributed by atoms with Gasteiger partial charge in [-0.1, -0.05) is 12.1 Å². The van der Waals surface area contributed by atoms with Crippen LogP contribution in [0.15, 0.2) is 52.9 Å². The molecule has 0 unspecified atom stereocenters. The van der Waals surface area contributed by atoms with Crippen LogP contribution in [0, 0.1) is 0 Å². The number of benzene rings is 2. The van der Waals surface area contributed by atoms with E-state index in [-0.39, 0.29) is 42.0 Å². The fraction of sp³-hybridized carbons (Fsp3) is 0.273. The first-order chi connectivity index (χ1) is 15.3. The van der Waals surface area contributed by atoms with Crippen molar-refractivity contribution >= 4 is 23.2 Å². The average molecular weight is 444 g/mol. The highest BCUT2D eigenvalue weighted by molar-refractivity contribution is 5.97. The van der Waals surface area contributed by atoms with E-state index < -0.39 is 11.7 Å². The van der Waals surface area contributed by atoms with Crippen molar-refractivity contribution in [3.8, 4) is 11.5 Å². The summed E-state index contributed by atoms with van der Waals surface area (Å²) in [5.74, 6) is -0.145. The zero-order valence-electron chi connectivity index (χ0n) is 16.9. The summed E-state index contributed by atoms with van der Waals surface area (Å²) < 4.78 is 44.1. The SMILES string of the molecule is O=C(CCc1nnc(-c2cccc(C(F)(F)F)c2)o1)Nc1cccc(N2CCCC2=O)c1. The maximum atomic E-state index is 12.9. The molecule has 166 valence electrons. The molecule has 32 heavy (non-hydrogen) atoms. The van der Waals surface area contributed by atoms with Gasteiger partial charge in [0.25, 0.3) is 0 Å². The van der Waals surface area contributed by atoms with E-state index in [1.807, 2.05) is 6.07 Å². The summed E-state index contributed by atoms with van der Waals surface area (Å²) in [6, 6.07) is 11.6. The van der Waals surface area contributed by atoms with Gasteiger partial charge in [-0.05, 0) is 42.8 Å². The van der Waals surface area contributed by atoms with Gasteiger partial charge >= 0.3 is 6.18 Å². The molecule has 0 radical (unpaired) electrons. The molecule has 0 bridgehead atoms. The van der Waals surface area contributed by atoms with Crippen LogP contribution in [0.4, 0.5) is 24.5 Å². The molecule has 10 heteroatoms. The molecule has 0 aliphatic carbocycles. The van der Waals surface area contributed by atoms with E-state index in [1.54, 1.807) is 23.1 Å². The predicted molar refractivity (Wildman–Crippen MR) is 110 cm³/mol. The first kappa shape index (κ1) is 21.5. The number of amides is 2. The lowest BCUT2D eigenvalue weighted by molar-refractivity contribution is -0.137. The number of rotatable bonds is 6. The summed E-state index contributed by atoms with van der Waals surface area (Å²) in [6.07, 6.45) is -2.99. The molecule has 3 aromatic rings. The summed E-state index contributed by atoms with van der Waals surface area (Å²) in [4.78, 5) is 25.9.